The Morgan fingerprint density at radius 3 is 2.81 bits per heavy atom. The van der Waals surface area contributed by atoms with Crippen molar-refractivity contribution in [3.05, 3.63) is 36.3 Å². The molecule has 1 fully saturated rings. The van der Waals surface area contributed by atoms with Gasteiger partial charge in [0.2, 0.25) is 10.0 Å². The molecule has 4 rings (SSSR count). The van der Waals surface area contributed by atoms with Crippen LogP contribution >= 0.6 is 11.7 Å². The van der Waals surface area contributed by atoms with E-state index in [4.69, 9.17) is 0 Å². The van der Waals surface area contributed by atoms with E-state index in [9.17, 15) is 8.42 Å². The van der Waals surface area contributed by atoms with Crippen LogP contribution < -0.4 is 9.62 Å². The summed E-state index contributed by atoms with van der Waals surface area (Å²) < 4.78 is 36.1. The fourth-order valence-corrected chi connectivity index (χ4v) is 4.75. The molecule has 10 heteroatoms. The van der Waals surface area contributed by atoms with Crippen molar-refractivity contribution in [2.45, 2.75) is 30.7 Å². The highest BCUT2D eigenvalue weighted by atomic mass is 32.2. The minimum atomic E-state index is -3.73. The van der Waals surface area contributed by atoms with Gasteiger partial charge in [-0.05, 0) is 37.5 Å². The zero-order valence-corrected chi connectivity index (χ0v) is 15.6. The number of hydrogen-bond donors (Lipinski definition) is 1. The Hall–Kier alpha value is -2.17. The van der Waals surface area contributed by atoms with Crippen LogP contribution in [0.3, 0.4) is 0 Å². The molecule has 0 spiro atoms. The van der Waals surface area contributed by atoms with Gasteiger partial charge in [0.25, 0.3) is 0 Å². The average Bonchev–Trinajstić information content (AvgIpc) is 3.16. The summed E-state index contributed by atoms with van der Waals surface area (Å²) in [5.41, 5.74) is 0.953. The second kappa shape index (κ2) is 7.22. The number of aromatic nitrogens is 4. The second-order valence-corrected chi connectivity index (χ2v) is 8.36. The Morgan fingerprint density at radius 1 is 1.12 bits per heavy atom. The highest BCUT2D eigenvalue weighted by Gasteiger charge is 2.20. The molecule has 8 nitrogen and oxygen atoms in total. The third-order valence-electron chi connectivity index (χ3n) is 4.33. The number of hydrogen-bond acceptors (Lipinski definition) is 8. The Morgan fingerprint density at radius 2 is 1.96 bits per heavy atom. The van der Waals surface area contributed by atoms with E-state index in [-0.39, 0.29) is 11.4 Å². The average molecular weight is 390 g/mol. The number of fused-ring (bicyclic) bond motifs is 1. The molecule has 0 bridgehead atoms. The van der Waals surface area contributed by atoms with Crippen molar-refractivity contribution in [3.63, 3.8) is 0 Å². The van der Waals surface area contributed by atoms with E-state index >= 15 is 0 Å². The maximum absolute atomic E-state index is 12.7. The SMILES string of the molecule is O=S(=O)(NCc1nccc(N2CCCCC2)n1)c1cccc2nsnc12. The molecule has 1 aliphatic heterocycles. The summed E-state index contributed by atoms with van der Waals surface area (Å²) >= 11 is 0.993. The van der Waals surface area contributed by atoms with Gasteiger partial charge >= 0.3 is 0 Å². The maximum Gasteiger partial charge on any atom is 0.243 e. The fourth-order valence-electron chi connectivity index (χ4n) is 3.01. The van der Waals surface area contributed by atoms with Gasteiger partial charge in [-0.3, -0.25) is 0 Å². The quantitative estimate of drug-likeness (QED) is 0.710. The third kappa shape index (κ3) is 3.53. The van der Waals surface area contributed by atoms with Crippen molar-refractivity contribution in [1.29, 1.82) is 0 Å². The molecule has 1 aromatic carbocycles. The Labute approximate surface area is 155 Å². The molecule has 0 amide bonds. The van der Waals surface area contributed by atoms with Gasteiger partial charge in [0, 0.05) is 19.3 Å². The zero-order chi connectivity index (χ0) is 18.0. The predicted molar refractivity (Wildman–Crippen MR) is 99.5 cm³/mol. The molecular formula is C16H18N6O2S2. The lowest BCUT2D eigenvalue weighted by Crippen LogP contribution is -2.31. The molecule has 3 aromatic rings. The minimum Gasteiger partial charge on any atom is -0.357 e. The second-order valence-electron chi connectivity index (χ2n) is 6.09. The largest absolute Gasteiger partial charge is 0.357 e. The van der Waals surface area contributed by atoms with E-state index in [1.165, 1.54) is 12.5 Å². The van der Waals surface area contributed by atoms with Crippen molar-refractivity contribution < 1.29 is 8.42 Å². The first kappa shape index (κ1) is 17.3. The summed E-state index contributed by atoms with van der Waals surface area (Å²) in [4.78, 5) is 11.0. The van der Waals surface area contributed by atoms with E-state index in [1.54, 1.807) is 18.3 Å². The molecule has 136 valence electrons. The minimum absolute atomic E-state index is 0.0258. The van der Waals surface area contributed by atoms with Crippen LogP contribution in [0, 0.1) is 0 Å². The van der Waals surface area contributed by atoms with Crippen LogP contribution in [0.2, 0.25) is 0 Å². The fraction of sp³-hybridized carbons (Fsp3) is 0.375. The molecule has 1 N–H and O–H groups in total. The smallest absolute Gasteiger partial charge is 0.243 e. The van der Waals surface area contributed by atoms with Crippen LogP contribution in [-0.2, 0) is 16.6 Å². The van der Waals surface area contributed by atoms with Crippen molar-refractivity contribution >= 4 is 38.6 Å². The van der Waals surface area contributed by atoms with E-state index < -0.39 is 10.0 Å². The summed E-state index contributed by atoms with van der Waals surface area (Å²) in [6.45, 7) is 1.97. The molecule has 3 heterocycles. The van der Waals surface area contributed by atoms with Gasteiger partial charge in [0.15, 0.2) is 0 Å². The van der Waals surface area contributed by atoms with Crippen LogP contribution in [0.4, 0.5) is 5.82 Å². The van der Waals surface area contributed by atoms with Gasteiger partial charge < -0.3 is 4.90 Å². The van der Waals surface area contributed by atoms with E-state index in [0.29, 0.717) is 16.9 Å². The number of anilines is 1. The Balaban J connectivity index is 1.52. The summed E-state index contributed by atoms with van der Waals surface area (Å²) in [6.07, 6.45) is 5.21. The predicted octanol–water partition coefficient (Wildman–Crippen LogP) is 1.95. The van der Waals surface area contributed by atoms with Crippen LogP contribution in [-0.4, -0.2) is 40.2 Å². The standard InChI is InChI=1S/C16H18N6O2S2/c23-26(24,13-6-4-5-12-16(13)21-25-20-12)18-11-14-17-8-7-15(19-14)22-9-2-1-3-10-22/h4-8,18H,1-3,9-11H2. The lowest BCUT2D eigenvalue weighted by Gasteiger charge is -2.27. The molecular weight excluding hydrogens is 372 g/mol. The topological polar surface area (TPSA) is 101 Å². The molecule has 26 heavy (non-hydrogen) atoms. The highest BCUT2D eigenvalue weighted by molar-refractivity contribution is 7.89. The highest BCUT2D eigenvalue weighted by Crippen LogP contribution is 2.21. The lowest BCUT2D eigenvalue weighted by atomic mass is 10.1. The number of benzene rings is 1. The Bertz CT molecular complexity index is 1010. The van der Waals surface area contributed by atoms with Crippen molar-refractivity contribution in [2.75, 3.05) is 18.0 Å². The molecule has 2 aromatic heterocycles. The van der Waals surface area contributed by atoms with Crippen LogP contribution in [0.25, 0.3) is 11.0 Å². The van der Waals surface area contributed by atoms with Gasteiger partial charge in [-0.25, -0.2) is 23.1 Å². The monoisotopic (exact) mass is 390 g/mol. The molecule has 0 aliphatic carbocycles. The van der Waals surface area contributed by atoms with Crippen molar-refractivity contribution in [2.24, 2.45) is 0 Å². The lowest BCUT2D eigenvalue weighted by molar-refractivity contribution is 0.569. The first-order chi connectivity index (χ1) is 12.6. The van der Waals surface area contributed by atoms with Gasteiger partial charge in [-0.15, -0.1) is 0 Å². The van der Waals surface area contributed by atoms with Crippen LogP contribution in [0.5, 0.6) is 0 Å². The van der Waals surface area contributed by atoms with Gasteiger partial charge in [-0.2, -0.15) is 8.75 Å². The first-order valence-electron chi connectivity index (χ1n) is 8.41. The molecule has 1 saturated heterocycles. The van der Waals surface area contributed by atoms with Gasteiger partial charge in [-0.1, -0.05) is 6.07 Å². The van der Waals surface area contributed by atoms with Crippen LogP contribution in [0.15, 0.2) is 35.4 Å². The summed E-state index contributed by atoms with van der Waals surface area (Å²) in [5.74, 6) is 1.29. The van der Waals surface area contributed by atoms with Crippen molar-refractivity contribution in [3.8, 4) is 0 Å². The van der Waals surface area contributed by atoms with Gasteiger partial charge in [0.1, 0.15) is 27.6 Å². The normalized spacial score (nSPS) is 15.5. The van der Waals surface area contributed by atoms with Crippen LogP contribution in [0.1, 0.15) is 25.1 Å². The third-order valence-corrected chi connectivity index (χ3v) is 6.31. The van der Waals surface area contributed by atoms with E-state index in [0.717, 1.165) is 43.5 Å². The molecule has 0 saturated carbocycles. The molecule has 1 aliphatic rings. The molecule has 0 radical (unpaired) electrons. The number of rotatable bonds is 5. The molecule has 0 atom stereocenters. The van der Waals surface area contributed by atoms with Gasteiger partial charge in [0.05, 0.1) is 18.3 Å². The summed E-state index contributed by atoms with van der Waals surface area (Å²) in [7, 11) is -3.73. The van der Waals surface area contributed by atoms with E-state index in [1.807, 2.05) is 6.07 Å². The Kier molecular flexibility index (Phi) is 4.79. The van der Waals surface area contributed by atoms with E-state index in [2.05, 4.69) is 28.3 Å². The first-order valence-corrected chi connectivity index (χ1v) is 10.6. The maximum atomic E-state index is 12.7. The number of sulfonamides is 1. The number of piperidine rings is 1. The van der Waals surface area contributed by atoms with Crippen molar-refractivity contribution in [1.82, 2.24) is 23.4 Å². The molecule has 0 unspecified atom stereocenters. The number of nitrogens with zero attached hydrogens (tertiary/aromatic N) is 5. The number of nitrogens with one attached hydrogen (secondary N) is 1. The summed E-state index contributed by atoms with van der Waals surface area (Å²) in [5, 5.41) is 0. The zero-order valence-electron chi connectivity index (χ0n) is 14.0. The summed E-state index contributed by atoms with van der Waals surface area (Å²) in [6, 6.07) is 6.79.